The van der Waals surface area contributed by atoms with Crippen molar-refractivity contribution in [1.29, 1.82) is 0 Å². The summed E-state index contributed by atoms with van der Waals surface area (Å²) in [4.78, 5) is 46.1. The molecule has 2 atom stereocenters. The number of hydrogen-bond acceptors (Lipinski definition) is 5. The van der Waals surface area contributed by atoms with E-state index in [1.165, 1.54) is 24.3 Å². The van der Waals surface area contributed by atoms with Crippen molar-refractivity contribution in [3.05, 3.63) is 65.5 Å². The van der Waals surface area contributed by atoms with Gasteiger partial charge in [0, 0.05) is 44.2 Å². The third kappa shape index (κ3) is 6.32. The predicted molar refractivity (Wildman–Crippen MR) is 142 cm³/mol. The Morgan fingerprint density at radius 2 is 1.87 bits per heavy atom. The second kappa shape index (κ2) is 12.4. The number of nitrogens with one attached hydrogen (secondary N) is 1. The highest BCUT2D eigenvalue weighted by molar-refractivity contribution is 5.98. The number of likely N-dealkylation sites (tertiary alicyclic amines) is 1. The van der Waals surface area contributed by atoms with Crippen LogP contribution in [0.1, 0.15) is 42.6 Å². The lowest BCUT2D eigenvalue weighted by molar-refractivity contribution is -0.138. The molecule has 8 nitrogen and oxygen atoms in total. The molecule has 0 aromatic heterocycles. The van der Waals surface area contributed by atoms with Crippen molar-refractivity contribution in [2.24, 2.45) is 5.92 Å². The van der Waals surface area contributed by atoms with E-state index >= 15 is 0 Å². The minimum Gasteiger partial charge on any atom is -0.497 e. The molecule has 2 aliphatic heterocycles. The third-order valence-corrected chi connectivity index (χ3v) is 7.27. The van der Waals surface area contributed by atoms with Crippen LogP contribution >= 0.6 is 0 Å². The first kappa shape index (κ1) is 27.6. The molecule has 3 amide bonds. The molecule has 2 saturated heterocycles. The van der Waals surface area contributed by atoms with Crippen molar-refractivity contribution in [3.63, 3.8) is 0 Å². The van der Waals surface area contributed by atoms with Gasteiger partial charge in [0.2, 0.25) is 11.8 Å². The minimum absolute atomic E-state index is 0.0425. The maximum absolute atomic E-state index is 13.8. The minimum atomic E-state index is -0.705. The van der Waals surface area contributed by atoms with Gasteiger partial charge in [-0.2, -0.15) is 0 Å². The largest absolute Gasteiger partial charge is 0.497 e. The molecule has 2 fully saturated rings. The second-order valence-electron chi connectivity index (χ2n) is 10.3. The number of rotatable bonds is 7. The number of carbonyl (C=O) groups excluding carboxylic acids is 3. The Hall–Kier alpha value is -3.46. The molecule has 2 aromatic carbocycles. The van der Waals surface area contributed by atoms with E-state index in [-0.39, 0.29) is 36.2 Å². The van der Waals surface area contributed by atoms with E-state index in [2.05, 4.69) is 5.32 Å². The zero-order valence-electron chi connectivity index (χ0n) is 22.4. The van der Waals surface area contributed by atoms with Crippen molar-refractivity contribution in [1.82, 2.24) is 20.0 Å². The molecular formula is C29H37FN4O4. The highest BCUT2D eigenvalue weighted by Gasteiger charge is 2.44. The molecule has 0 aliphatic carbocycles. The monoisotopic (exact) mass is 524 g/mol. The first-order valence-electron chi connectivity index (χ1n) is 13.3. The van der Waals surface area contributed by atoms with Crippen LogP contribution in [-0.4, -0.2) is 84.3 Å². The molecule has 0 radical (unpaired) electrons. The smallest absolute Gasteiger partial charge is 0.254 e. The van der Waals surface area contributed by atoms with Gasteiger partial charge in [0.05, 0.1) is 13.2 Å². The van der Waals surface area contributed by atoms with E-state index in [4.69, 9.17) is 4.74 Å². The molecule has 0 saturated carbocycles. The van der Waals surface area contributed by atoms with Crippen molar-refractivity contribution < 1.29 is 23.5 Å². The summed E-state index contributed by atoms with van der Waals surface area (Å²) >= 11 is 0. The number of hydrogen-bond donors (Lipinski definition) is 1. The third-order valence-electron chi connectivity index (χ3n) is 7.27. The van der Waals surface area contributed by atoms with Crippen molar-refractivity contribution in [2.45, 2.75) is 45.3 Å². The van der Waals surface area contributed by atoms with Gasteiger partial charge in [0.15, 0.2) is 0 Å². The van der Waals surface area contributed by atoms with Crippen LogP contribution in [0.25, 0.3) is 0 Å². The molecule has 204 valence electrons. The van der Waals surface area contributed by atoms with E-state index in [9.17, 15) is 18.8 Å². The normalized spacial score (nSPS) is 19.8. The van der Waals surface area contributed by atoms with Gasteiger partial charge in [0.1, 0.15) is 17.6 Å². The summed E-state index contributed by atoms with van der Waals surface area (Å²) in [6, 6.07) is 11.9. The van der Waals surface area contributed by atoms with E-state index in [1.807, 2.05) is 43.0 Å². The first-order valence-corrected chi connectivity index (χ1v) is 13.3. The Kier molecular flexibility index (Phi) is 8.99. The van der Waals surface area contributed by atoms with Gasteiger partial charge < -0.3 is 24.8 Å². The summed E-state index contributed by atoms with van der Waals surface area (Å²) in [7, 11) is 1.60. The standard InChI is InChI=1S/C29H37FN4O4/c1-20(2)27(35)33(18-21-6-4-7-25(16-21)38-3)24-17-26(29(37)32-14-5-12-31-13-15-32)34(19-24)28(36)22-8-10-23(30)11-9-22/h4,6-11,16,20,24,26,31H,5,12-15,17-19H2,1-3H3. The average molecular weight is 525 g/mol. The molecule has 2 aromatic rings. The van der Waals surface area contributed by atoms with Crippen molar-refractivity contribution >= 4 is 17.7 Å². The Bertz CT molecular complexity index is 1130. The zero-order chi connectivity index (χ0) is 27.2. The van der Waals surface area contributed by atoms with Gasteiger partial charge in [-0.3, -0.25) is 14.4 Å². The number of benzene rings is 2. The molecular weight excluding hydrogens is 487 g/mol. The summed E-state index contributed by atoms with van der Waals surface area (Å²) in [5.74, 6) is -0.478. The summed E-state index contributed by atoms with van der Waals surface area (Å²) in [5.41, 5.74) is 1.22. The number of halogens is 1. The van der Waals surface area contributed by atoms with Crippen LogP contribution in [0, 0.1) is 11.7 Å². The van der Waals surface area contributed by atoms with Gasteiger partial charge in [0.25, 0.3) is 5.91 Å². The molecule has 4 rings (SSSR count). The Balaban J connectivity index is 1.65. The summed E-state index contributed by atoms with van der Waals surface area (Å²) in [6.45, 7) is 6.98. The molecule has 9 heteroatoms. The number of methoxy groups -OCH3 is 1. The molecule has 2 aliphatic rings. The van der Waals surface area contributed by atoms with Crippen LogP contribution in [0.2, 0.25) is 0 Å². The first-order chi connectivity index (χ1) is 18.3. The van der Waals surface area contributed by atoms with Gasteiger partial charge in [-0.1, -0.05) is 26.0 Å². The van der Waals surface area contributed by atoms with Crippen LogP contribution < -0.4 is 10.1 Å². The molecule has 2 heterocycles. The predicted octanol–water partition coefficient (Wildman–Crippen LogP) is 2.92. The number of ether oxygens (including phenoxy) is 1. The van der Waals surface area contributed by atoms with E-state index in [1.54, 1.807) is 16.9 Å². The molecule has 2 unspecified atom stereocenters. The maximum Gasteiger partial charge on any atom is 0.254 e. The fourth-order valence-electron chi connectivity index (χ4n) is 5.22. The van der Waals surface area contributed by atoms with Gasteiger partial charge >= 0.3 is 0 Å². The number of carbonyl (C=O) groups is 3. The number of nitrogens with zero attached hydrogens (tertiary/aromatic N) is 3. The van der Waals surface area contributed by atoms with Crippen LogP contribution in [0.3, 0.4) is 0 Å². The topological polar surface area (TPSA) is 82.2 Å². The highest BCUT2D eigenvalue weighted by Crippen LogP contribution is 2.29. The van der Waals surface area contributed by atoms with Gasteiger partial charge in [-0.25, -0.2) is 4.39 Å². The second-order valence-corrected chi connectivity index (χ2v) is 10.3. The summed E-state index contributed by atoms with van der Waals surface area (Å²) < 4.78 is 18.9. The lowest BCUT2D eigenvalue weighted by Crippen LogP contribution is -2.48. The summed E-state index contributed by atoms with van der Waals surface area (Å²) in [6.07, 6.45) is 1.18. The van der Waals surface area contributed by atoms with Crippen LogP contribution in [0.4, 0.5) is 4.39 Å². The van der Waals surface area contributed by atoms with E-state index < -0.39 is 11.9 Å². The van der Waals surface area contributed by atoms with Crippen LogP contribution in [-0.2, 0) is 16.1 Å². The Labute approximate surface area is 223 Å². The molecule has 0 spiro atoms. The van der Waals surface area contributed by atoms with E-state index in [0.29, 0.717) is 43.9 Å². The quantitative estimate of drug-likeness (QED) is 0.603. The van der Waals surface area contributed by atoms with Crippen molar-refractivity contribution in [3.8, 4) is 5.75 Å². The molecule has 1 N–H and O–H groups in total. The van der Waals surface area contributed by atoms with Crippen molar-refractivity contribution in [2.75, 3.05) is 39.8 Å². The average Bonchev–Trinajstić information content (AvgIpc) is 3.18. The molecule has 0 bridgehead atoms. The Morgan fingerprint density at radius 1 is 1.11 bits per heavy atom. The maximum atomic E-state index is 13.8. The highest BCUT2D eigenvalue weighted by atomic mass is 19.1. The fraction of sp³-hybridized carbons (Fsp3) is 0.483. The number of amides is 3. The lowest BCUT2D eigenvalue weighted by Gasteiger charge is -2.31. The van der Waals surface area contributed by atoms with Crippen LogP contribution in [0.5, 0.6) is 5.75 Å². The van der Waals surface area contributed by atoms with E-state index in [0.717, 1.165) is 18.5 Å². The zero-order valence-corrected chi connectivity index (χ0v) is 22.4. The van der Waals surface area contributed by atoms with Crippen LogP contribution in [0.15, 0.2) is 48.5 Å². The van der Waals surface area contributed by atoms with Gasteiger partial charge in [-0.05, 0) is 61.3 Å². The SMILES string of the molecule is COc1cccc(CN(C(=O)C(C)C)C2CC(C(=O)N3CCCNCC3)N(C(=O)c3ccc(F)cc3)C2)c1. The summed E-state index contributed by atoms with van der Waals surface area (Å²) in [5, 5.41) is 3.31. The fourth-order valence-corrected chi connectivity index (χ4v) is 5.22. The molecule has 38 heavy (non-hydrogen) atoms. The Morgan fingerprint density at radius 3 is 2.58 bits per heavy atom. The van der Waals surface area contributed by atoms with Gasteiger partial charge in [-0.15, -0.1) is 0 Å². The lowest BCUT2D eigenvalue weighted by atomic mass is 10.1.